The van der Waals surface area contributed by atoms with E-state index in [1.807, 2.05) is 60.7 Å². The van der Waals surface area contributed by atoms with Crippen molar-refractivity contribution < 1.29 is 5.11 Å². The highest BCUT2D eigenvalue weighted by Gasteiger charge is 2.32. The van der Waals surface area contributed by atoms with Gasteiger partial charge in [-0.1, -0.05) is 84.9 Å². The number of nitrogens with two attached hydrogens (primary N) is 1. The van der Waals surface area contributed by atoms with Gasteiger partial charge in [0, 0.05) is 6.54 Å². The quantitative estimate of drug-likeness (QED) is 0.596. The molecule has 4 aromatic rings. The minimum atomic E-state index is -1.23. The monoisotopic (exact) mass is 313 g/mol. The zero-order valence-electron chi connectivity index (χ0n) is 13.3. The van der Waals surface area contributed by atoms with E-state index in [4.69, 9.17) is 5.73 Å². The third kappa shape index (κ3) is 2.20. The maximum Gasteiger partial charge on any atom is 0.128 e. The molecular formula is C22H19NO. The van der Waals surface area contributed by atoms with Crippen molar-refractivity contribution in [3.63, 3.8) is 0 Å². The van der Waals surface area contributed by atoms with Crippen LogP contribution in [-0.4, -0.2) is 11.7 Å². The van der Waals surface area contributed by atoms with E-state index in [0.29, 0.717) is 0 Å². The van der Waals surface area contributed by atoms with Crippen LogP contribution in [0.1, 0.15) is 11.1 Å². The highest BCUT2D eigenvalue weighted by atomic mass is 16.3. The number of hydrogen-bond acceptors (Lipinski definition) is 2. The van der Waals surface area contributed by atoms with Crippen molar-refractivity contribution in [3.8, 4) is 0 Å². The molecule has 0 atom stereocenters. The zero-order valence-corrected chi connectivity index (χ0v) is 13.3. The maximum atomic E-state index is 11.6. The lowest BCUT2D eigenvalue weighted by atomic mass is 9.81. The van der Waals surface area contributed by atoms with E-state index in [1.165, 1.54) is 0 Å². The zero-order chi connectivity index (χ0) is 16.6. The molecule has 2 heteroatoms. The molecule has 4 aromatic carbocycles. The van der Waals surface area contributed by atoms with Crippen LogP contribution in [0.2, 0.25) is 0 Å². The van der Waals surface area contributed by atoms with Crippen LogP contribution in [-0.2, 0) is 5.60 Å². The summed E-state index contributed by atoms with van der Waals surface area (Å²) in [4.78, 5) is 0. The van der Waals surface area contributed by atoms with Crippen LogP contribution in [0.4, 0.5) is 0 Å². The standard InChI is InChI=1S/C22H19NO/c23-15-22(24,20-13-5-9-16-7-1-3-11-18(16)20)21-14-6-10-17-8-2-4-12-19(17)21/h1-14,24H,15,23H2. The minimum absolute atomic E-state index is 0.120. The van der Waals surface area contributed by atoms with E-state index in [-0.39, 0.29) is 6.54 Å². The van der Waals surface area contributed by atoms with Crippen LogP contribution in [0, 0.1) is 0 Å². The highest BCUT2D eigenvalue weighted by Crippen LogP contribution is 2.37. The molecule has 0 bridgehead atoms. The second-order valence-corrected chi connectivity index (χ2v) is 6.12. The van der Waals surface area contributed by atoms with Crippen molar-refractivity contribution in [3.05, 3.63) is 96.1 Å². The summed E-state index contributed by atoms with van der Waals surface area (Å²) < 4.78 is 0. The Hall–Kier alpha value is -2.68. The topological polar surface area (TPSA) is 46.2 Å². The van der Waals surface area contributed by atoms with Crippen molar-refractivity contribution in [2.75, 3.05) is 6.54 Å². The molecule has 0 unspecified atom stereocenters. The SMILES string of the molecule is NCC(O)(c1cccc2ccccc12)c1cccc2ccccc12. The maximum absolute atomic E-state index is 11.6. The first-order valence-electron chi connectivity index (χ1n) is 8.13. The molecule has 0 saturated carbocycles. The number of hydrogen-bond donors (Lipinski definition) is 2. The molecule has 0 aliphatic rings. The average molecular weight is 313 g/mol. The Morgan fingerprint density at radius 3 is 1.50 bits per heavy atom. The summed E-state index contributed by atoms with van der Waals surface area (Å²) in [5, 5.41) is 15.9. The minimum Gasteiger partial charge on any atom is -0.379 e. The molecule has 24 heavy (non-hydrogen) atoms. The van der Waals surface area contributed by atoms with Crippen LogP contribution >= 0.6 is 0 Å². The number of rotatable bonds is 3. The Kier molecular flexibility index (Phi) is 3.57. The lowest BCUT2D eigenvalue weighted by Crippen LogP contribution is -2.36. The summed E-state index contributed by atoms with van der Waals surface area (Å²) in [5.41, 5.74) is 6.56. The van der Waals surface area contributed by atoms with E-state index in [9.17, 15) is 5.11 Å². The molecule has 0 heterocycles. The van der Waals surface area contributed by atoms with Crippen molar-refractivity contribution in [2.45, 2.75) is 5.60 Å². The Labute approximate surface area is 141 Å². The molecule has 4 rings (SSSR count). The fourth-order valence-electron chi connectivity index (χ4n) is 3.54. The fraction of sp³-hybridized carbons (Fsp3) is 0.0909. The van der Waals surface area contributed by atoms with Gasteiger partial charge >= 0.3 is 0 Å². The molecule has 3 N–H and O–H groups in total. The van der Waals surface area contributed by atoms with E-state index in [2.05, 4.69) is 24.3 Å². The summed E-state index contributed by atoms with van der Waals surface area (Å²) in [6.45, 7) is 0.120. The van der Waals surface area contributed by atoms with Gasteiger partial charge < -0.3 is 10.8 Å². The molecule has 0 aromatic heterocycles. The lowest BCUT2D eigenvalue weighted by molar-refractivity contribution is 0.0934. The van der Waals surface area contributed by atoms with Crippen LogP contribution < -0.4 is 5.73 Å². The van der Waals surface area contributed by atoms with Gasteiger partial charge in [-0.05, 0) is 32.7 Å². The normalized spacial score (nSPS) is 11.9. The predicted molar refractivity (Wildman–Crippen MR) is 99.9 cm³/mol. The van der Waals surface area contributed by atoms with Crippen molar-refractivity contribution in [2.24, 2.45) is 5.73 Å². The molecular weight excluding hydrogens is 294 g/mol. The van der Waals surface area contributed by atoms with E-state index < -0.39 is 5.60 Å². The van der Waals surface area contributed by atoms with Gasteiger partial charge in [0.25, 0.3) is 0 Å². The first-order chi connectivity index (χ1) is 11.7. The Morgan fingerprint density at radius 2 is 1.04 bits per heavy atom. The molecule has 0 saturated heterocycles. The highest BCUT2D eigenvalue weighted by molar-refractivity contribution is 5.90. The number of benzene rings is 4. The van der Waals surface area contributed by atoms with Gasteiger partial charge in [-0.15, -0.1) is 0 Å². The molecule has 0 radical (unpaired) electrons. The predicted octanol–water partition coefficient (Wildman–Crippen LogP) is 4.19. The van der Waals surface area contributed by atoms with Crippen molar-refractivity contribution in [1.82, 2.24) is 0 Å². The molecule has 0 amide bonds. The summed E-state index contributed by atoms with van der Waals surface area (Å²) >= 11 is 0. The van der Waals surface area contributed by atoms with Crippen LogP contribution in [0.5, 0.6) is 0 Å². The Balaban J connectivity index is 2.05. The summed E-state index contributed by atoms with van der Waals surface area (Å²) in [7, 11) is 0. The van der Waals surface area contributed by atoms with Gasteiger partial charge in [-0.2, -0.15) is 0 Å². The molecule has 0 aliphatic carbocycles. The van der Waals surface area contributed by atoms with Crippen molar-refractivity contribution >= 4 is 21.5 Å². The fourth-order valence-corrected chi connectivity index (χ4v) is 3.54. The van der Waals surface area contributed by atoms with E-state index >= 15 is 0 Å². The largest absolute Gasteiger partial charge is 0.379 e. The first kappa shape index (κ1) is 14.9. The van der Waals surface area contributed by atoms with Gasteiger partial charge in [0.05, 0.1) is 0 Å². The molecule has 0 aliphatic heterocycles. The van der Waals surface area contributed by atoms with Crippen LogP contribution in [0.3, 0.4) is 0 Å². The van der Waals surface area contributed by atoms with Gasteiger partial charge in [0.1, 0.15) is 5.60 Å². The molecule has 0 spiro atoms. The lowest BCUT2D eigenvalue weighted by Gasteiger charge is -2.30. The van der Waals surface area contributed by atoms with Gasteiger partial charge in [0.2, 0.25) is 0 Å². The second-order valence-electron chi connectivity index (χ2n) is 6.12. The summed E-state index contributed by atoms with van der Waals surface area (Å²) in [5.74, 6) is 0. The van der Waals surface area contributed by atoms with Gasteiger partial charge in [0.15, 0.2) is 0 Å². The van der Waals surface area contributed by atoms with E-state index in [0.717, 1.165) is 32.7 Å². The summed E-state index contributed by atoms with van der Waals surface area (Å²) in [6.07, 6.45) is 0. The van der Waals surface area contributed by atoms with Gasteiger partial charge in [-0.3, -0.25) is 0 Å². The molecule has 0 fully saturated rings. The average Bonchev–Trinajstić information content (AvgIpc) is 2.66. The van der Waals surface area contributed by atoms with Crippen LogP contribution in [0.25, 0.3) is 21.5 Å². The Bertz CT molecular complexity index is 932. The number of fused-ring (bicyclic) bond motifs is 2. The van der Waals surface area contributed by atoms with E-state index in [1.54, 1.807) is 0 Å². The second kappa shape index (κ2) is 5.75. The summed E-state index contributed by atoms with van der Waals surface area (Å²) in [6, 6.07) is 28.2. The third-order valence-corrected chi connectivity index (χ3v) is 4.77. The third-order valence-electron chi connectivity index (χ3n) is 4.77. The van der Waals surface area contributed by atoms with Gasteiger partial charge in [-0.25, -0.2) is 0 Å². The Morgan fingerprint density at radius 1 is 0.625 bits per heavy atom. The smallest absolute Gasteiger partial charge is 0.128 e. The molecule has 118 valence electrons. The number of aliphatic hydroxyl groups is 1. The molecule has 2 nitrogen and oxygen atoms in total. The van der Waals surface area contributed by atoms with Crippen molar-refractivity contribution in [1.29, 1.82) is 0 Å². The van der Waals surface area contributed by atoms with Crippen LogP contribution in [0.15, 0.2) is 84.9 Å². The first-order valence-corrected chi connectivity index (χ1v) is 8.13.